The molecule has 2 aromatic heterocycles. The highest BCUT2D eigenvalue weighted by Gasteiger charge is 2.53. The molecule has 0 spiro atoms. The molecule has 3 rings (SSSR count). The summed E-state index contributed by atoms with van der Waals surface area (Å²) in [5.74, 6) is -1.14. The Kier molecular flexibility index (Phi) is 5.28. The smallest absolute Gasteiger partial charge is 0.423 e. The molecule has 0 amide bonds. The fraction of sp³-hybridized carbons (Fsp3) is 0.222. The van der Waals surface area contributed by atoms with Crippen molar-refractivity contribution < 1.29 is 28.2 Å². The SMILES string of the molecule is Cc1cc(Nc2nccc(C(=O)O)n2)cc(-c2cnc(C(C)(O)C(F)(F)F)s2)c1. The average molecular weight is 424 g/mol. The summed E-state index contributed by atoms with van der Waals surface area (Å²) in [4.78, 5) is 23.0. The number of benzene rings is 1. The quantitative estimate of drug-likeness (QED) is 0.565. The molecule has 11 heteroatoms. The van der Waals surface area contributed by atoms with Crippen molar-refractivity contribution in [2.24, 2.45) is 0 Å². The van der Waals surface area contributed by atoms with Crippen LogP contribution in [0.4, 0.5) is 24.8 Å². The number of aromatic nitrogens is 3. The summed E-state index contributed by atoms with van der Waals surface area (Å²) >= 11 is 0.732. The molecule has 29 heavy (non-hydrogen) atoms. The van der Waals surface area contributed by atoms with Gasteiger partial charge in [0.2, 0.25) is 11.5 Å². The number of aryl methyl sites for hydroxylation is 1. The topological polar surface area (TPSA) is 108 Å². The Morgan fingerprint density at radius 3 is 2.59 bits per heavy atom. The van der Waals surface area contributed by atoms with E-state index in [0.717, 1.165) is 16.9 Å². The lowest BCUT2D eigenvalue weighted by Crippen LogP contribution is -2.39. The summed E-state index contributed by atoms with van der Waals surface area (Å²) in [5, 5.41) is 21.2. The van der Waals surface area contributed by atoms with Crippen molar-refractivity contribution in [1.29, 1.82) is 0 Å². The van der Waals surface area contributed by atoms with Gasteiger partial charge in [0.25, 0.3) is 0 Å². The number of thiazole rings is 1. The van der Waals surface area contributed by atoms with Crippen molar-refractivity contribution in [2.45, 2.75) is 25.6 Å². The van der Waals surface area contributed by atoms with Gasteiger partial charge < -0.3 is 15.5 Å². The fourth-order valence-electron chi connectivity index (χ4n) is 2.42. The predicted molar refractivity (Wildman–Crippen MR) is 100 cm³/mol. The van der Waals surface area contributed by atoms with Crippen molar-refractivity contribution in [1.82, 2.24) is 15.0 Å². The van der Waals surface area contributed by atoms with E-state index in [0.29, 0.717) is 23.1 Å². The number of carbonyl (C=O) groups is 1. The van der Waals surface area contributed by atoms with Crippen LogP contribution in [0.15, 0.2) is 36.7 Å². The first kappa shape index (κ1) is 20.7. The first-order valence-corrected chi connectivity index (χ1v) is 9.00. The summed E-state index contributed by atoms with van der Waals surface area (Å²) in [6.45, 7) is 2.45. The lowest BCUT2D eigenvalue weighted by Gasteiger charge is -2.23. The molecule has 1 atom stereocenters. The maximum absolute atomic E-state index is 13.0. The maximum Gasteiger partial charge on any atom is 0.423 e. The van der Waals surface area contributed by atoms with Gasteiger partial charge in [0.15, 0.2) is 5.69 Å². The summed E-state index contributed by atoms with van der Waals surface area (Å²) in [6, 6.07) is 6.39. The largest absolute Gasteiger partial charge is 0.477 e. The van der Waals surface area contributed by atoms with Crippen LogP contribution in [0.1, 0.15) is 28.0 Å². The Labute approximate surface area is 166 Å². The third-order valence-electron chi connectivity index (χ3n) is 3.97. The van der Waals surface area contributed by atoms with Crippen LogP contribution in [-0.2, 0) is 5.60 Å². The number of aliphatic hydroxyl groups is 1. The molecule has 3 N–H and O–H groups in total. The zero-order valence-electron chi connectivity index (χ0n) is 15.2. The van der Waals surface area contributed by atoms with E-state index in [1.807, 2.05) is 0 Å². The summed E-state index contributed by atoms with van der Waals surface area (Å²) < 4.78 is 39.1. The van der Waals surface area contributed by atoms with Crippen molar-refractivity contribution in [2.75, 3.05) is 5.32 Å². The normalized spacial score (nSPS) is 13.7. The van der Waals surface area contributed by atoms with Crippen LogP contribution in [0, 0.1) is 6.92 Å². The number of alkyl halides is 3. The first-order valence-electron chi connectivity index (χ1n) is 8.18. The van der Waals surface area contributed by atoms with Crippen LogP contribution < -0.4 is 5.32 Å². The van der Waals surface area contributed by atoms with Gasteiger partial charge in [-0.2, -0.15) is 13.2 Å². The zero-order valence-corrected chi connectivity index (χ0v) is 16.0. The molecule has 2 heterocycles. The molecule has 0 aliphatic carbocycles. The molecular weight excluding hydrogens is 409 g/mol. The second-order valence-corrected chi connectivity index (χ2v) is 7.41. The van der Waals surface area contributed by atoms with Crippen LogP contribution in [-0.4, -0.2) is 37.3 Å². The van der Waals surface area contributed by atoms with Crippen LogP contribution >= 0.6 is 11.3 Å². The molecule has 3 aromatic rings. The Hall–Kier alpha value is -3.05. The first-order chi connectivity index (χ1) is 13.5. The molecule has 0 saturated heterocycles. The Balaban J connectivity index is 1.93. The van der Waals surface area contributed by atoms with Gasteiger partial charge in [-0.15, -0.1) is 11.3 Å². The van der Waals surface area contributed by atoms with Crippen LogP contribution in [0.5, 0.6) is 0 Å². The second kappa shape index (κ2) is 7.41. The van der Waals surface area contributed by atoms with Gasteiger partial charge in [0.05, 0.1) is 4.88 Å². The lowest BCUT2D eigenvalue weighted by atomic mass is 10.1. The molecule has 0 aliphatic rings. The third kappa shape index (κ3) is 4.35. The van der Waals surface area contributed by atoms with Crippen molar-refractivity contribution in [3.8, 4) is 10.4 Å². The highest BCUT2D eigenvalue weighted by molar-refractivity contribution is 7.15. The third-order valence-corrected chi connectivity index (χ3v) is 5.22. The predicted octanol–water partition coefficient (Wildman–Crippen LogP) is 4.12. The Bertz CT molecular complexity index is 1070. The monoisotopic (exact) mass is 424 g/mol. The number of hydrogen-bond acceptors (Lipinski definition) is 7. The van der Waals surface area contributed by atoms with Gasteiger partial charge in [0, 0.05) is 18.1 Å². The highest BCUT2D eigenvalue weighted by Crippen LogP contribution is 2.42. The second-order valence-electron chi connectivity index (χ2n) is 6.38. The van der Waals surface area contributed by atoms with Gasteiger partial charge in [-0.05, 0) is 43.2 Å². The number of anilines is 2. The van der Waals surface area contributed by atoms with Crippen LogP contribution in [0.25, 0.3) is 10.4 Å². The molecule has 0 saturated carbocycles. The molecule has 0 fully saturated rings. The molecule has 1 unspecified atom stereocenters. The van der Waals surface area contributed by atoms with Gasteiger partial charge in [-0.1, -0.05) is 6.07 Å². The summed E-state index contributed by atoms with van der Waals surface area (Å²) in [7, 11) is 0. The van der Waals surface area contributed by atoms with E-state index in [4.69, 9.17) is 5.11 Å². The molecule has 0 bridgehead atoms. The minimum atomic E-state index is -4.85. The molecule has 7 nitrogen and oxygen atoms in total. The minimum Gasteiger partial charge on any atom is -0.477 e. The number of carboxylic acid groups (broad SMARTS) is 1. The fourth-order valence-corrected chi connectivity index (χ4v) is 3.39. The molecule has 1 aromatic carbocycles. The van der Waals surface area contributed by atoms with Crippen molar-refractivity contribution in [3.05, 3.63) is 52.9 Å². The van der Waals surface area contributed by atoms with Crippen molar-refractivity contribution >= 4 is 28.9 Å². The van der Waals surface area contributed by atoms with Gasteiger partial charge in [-0.25, -0.2) is 19.7 Å². The molecular formula is C18H15F3N4O3S. The summed E-state index contributed by atoms with van der Waals surface area (Å²) in [6.07, 6.45) is -2.29. The van der Waals surface area contributed by atoms with Gasteiger partial charge >= 0.3 is 12.1 Å². The average Bonchev–Trinajstić information content (AvgIpc) is 3.11. The molecule has 0 aliphatic heterocycles. The molecule has 0 radical (unpaired) electrons. The van der Waals surface area contributed by atoms with E-state index in [1.54, 1.807) is 25.1 Å². The van der Waals surface area contributed by atoms with E-state index >= 15 is 0 Å². The number of hydrogen-bond donors (Lipinski definition) is 3. The van der Waals surface area contributed by atoms with Crippen LogP contribution in [0.2, 0.25) is 0 Å². The van der Waals surface area contributed by atoms with Crippen molar-refractivity contribution in [3.63, 3.8) is 0 Å². The number of nitrogens with zero attached hydrogens (tertiary/aromatic N) is 3. The standard InChI is InChI=1S/C18H15F3N4O3S/c1-9-5-10(13-8-23-15(29-13)17(2,28)18(19,20)21)7-11(6-9)24-16-22-4-3-12(25-16)14(26)27/h3-8,28H,1-2H3,(H,26,27)(H,22,24,25). The van der Waals surface area contributed by atoms with E-state index in [2.05, 4.69) is 20.3 Å². The number of halogens is 3. The lowest BCUT2D eigenvalue weighted by molar-refractivity contribution is -0.258. The zero-order chi connectivity index (χ0) is 21.4. The number of aromatic carboxylic acids is 1. The van der Waals surface area contributed by atoms with E-state index in [1.165, 1.54) is 18.5 Å². The highest BCUT2D eigenvalue weighted by atomic mass is 32.1. The van der Waals surface area contributed by atoms with E-state index < -0.39 is 22.8 Å². The number of rotatable bonds is 5. The Morgan fingerprint density at radius 2 is 1.93 bits per heavy atom. The Morgan fingerprint density at radius 1 is 1.21 bits per heavy atom. The maximum atomic E-state index is 13.0. The van der Waals surface area contributed by atoms with E-state index in [9.17, 15) is 23.1 Å². The van der Waals surface area contributed by atoms with Gasteiger partial charge in [0.1, 0.15) is 5.01 Å². The van der Waals surface area contributed by atoms with Crippen LogP contribution in [0.3, 0.4) is 0 Å². The van der Waals surface area contributed by atoms with E-state index in [-0.39, 0.29) is 11.6 Å². The van der Waals surface area contributed by atoms with Gasteiger partial charge in [-0.3, -0.25) is 0 Å². The number of nitrogens with one attached hydrogen (secondary N) is 1. The molecule has 152 valence electrons. The summed E-state index contributed by atoms with van der Waals surface area (Å²) in [5.41, 5.74) is -1.36. The number of carboxylic acids is 1. The minimum absolute atomic E-state index is 0.0615.